The van der Waals surface area contributed by atoms with Crippen LogP contribution in [0.5, 0.6) is 0 Å². The number of anilines is 1. The molecular formula is C22H23ClN4O. The number of aromatic amines is 1. The second kappa shape index (κ2) is 7.13. The zero-order chi connectivity index (χ0) is 19.1. The maximum Gasteiger partial charge on any atom is 0.253 e. The highest BCUT2D eigenvalue weighted by atomic mass is 35.5. The van der Waals surface area contributed by atoms with Gasteiger partial charge in [0.05, 0.1) is 5.02 Å². The Hall–Kier alpha value is -2.53. The van der Waals surface area contributed by atoms with Gasteiger partial charge in [-0.2, -0.15) is 0 Å². The number of rotatable bonds is 2. The molecule has 1 fully saturated rings. The van der Waals surface area contributed by atoms with Crippen LogP contribution in [0.2, 0.25) is 5.02 Å². The summed E-state index contributed by atoms with van der Waals surface area (Å²) < 4.78 is 0. The standard InChI is InChI=1S/C22H23ClN4O/c23-16-6-8-21(24-14-16)26-9-11-27(12-10-26)22(28)15-5-7-20-18(13-15)17-3-1-2-4-19(17)25-20/h5-8,13-14,25H,1-4,9-12H2. The summed E-state index contributed by atoms with van der Waals surface area (Å²) in [7, 11) is 0. The van der Waals surface area contributed by atoms with Crippen molar-refractivity contribution in [3.63, 3.8) is 0 Å². The highest BCUT2D eigenvalue weighted by molar-refractivity contribution is 6.30. The molecule has 0 bridgehead atoms. The molecule has 1 saturated heterocycles. The second-order valence-corrected chi connectivity index (χ2v) is 8.10. The number of carbonyl (C=O) groups excluding carboxylic acids is 1. The number of piperazine rings is 1. The van der Waals surface area contributed by atoms with Gasteiger partial charge in [0.25, 0.3) is 5.91 Å². The van der Waals surface area contributed by atoms with E-state index in [0.29, 0.717) is 18.1 Å². The fraction of sp³-hybridized carbons (Fsp3) is 0.364. The first-order valence-electron chi connectivity index (χ1n) is 9.98. The van der Waals surface area contributed by atoms with Crippen LogP contribution in [0.4, 0.5) is 5.82 Å². The van der Waals surface area contributed by atoms with E-state index in [1.165, 1.54) is 29.5 Å². The summed E-state index contributed by atoms with van der Waals surface area (Å²) in [4.78, 5) is 25.2. The predicted octanol–water partition coefficient (Wildman–Crippen LogP) is 4.06. The van der Waals surface area contributed by atoms with E-state index in [1.807, 2.05) is 23.1 Å². The highest BCUT2D eigenvalue weighted by Crippen LogP contribution is 2.30. The fourth-order valence-electron chi connectivity index (χ4n) is 4.42. The van der Waals surface area contributed by atoms with Gasteiger partial charge >= 0.3 is 0 Å². The highest BCUT2D eigenvalue weighted by Gasteiger charge is 2.24. The Kier molecular flexibility index (Phi) is 4.47. The summed E-state index contributed by atoms with van der Waals surface area (Å²) in [6.07, 6.45) is 6.38. The van der Waals surface area contributed by atoms with Gasteiger partial charge in [-0.3, -0.25) is 4.79 Å². The van der Waals surface area contributed by atoms with E-state index in [9.17, 15) is 4.79 Å². The average Bonchev–Trinajstić information content (AvgIpc) is 3.12. The molecule has 1 aromatic carbocycles. The molecule has 1 amide bonds. The SMILES string of the molecule is O=C(c1ccc2[nH]c3c(c2c1)CCCC3)N1CCN(c2ccc(Cl)cn2)CC1. The largest absolute Gasteiger partial charge is 0.358 e. The van der Waals surface area contributed by atoms with Gasteiger partial charge in [0, 0.05) is 54.5 Å². The molecule has 5 rings (SSSR count). The van der Waals surface area contributed by atoms with Crippen LogP contribution in [-0.2, 0) is 12.8 Å². The monoisotopic (exact) mass is 394 g/mol. The molecule has 144 valence electrons. The summed E-state index contributed by atoms with van der Waals surface area (Å²) >= 11 is 5.92. The molecule has 1 aliphatic heterocycles. The summed E-state index contributed by atoms with van der Waals surface area (Å²) in [5, 5.41) is 1.87. The molecule has 28 heavy (non-hydrogen) atoms. The van der Waals surface area contributed by atoms with Gasteiger partial charge in [0.15, 0.2) is 0 Å². The summed E-state index contributed by atoms with van der Waals surface area (Å²) in [6.45, 7) is 2.96. The number of H-pyrrole nitrogens is 1. The van der Waals surface area contributed by atoms with Crippen molar-refractivity contribution in [3.05, 3.63) is 58.4 Å². The molecule has 0 saturated carbocycles. The predicted molar refractivity (Wildman–Crippen MR) is 112 cm³/mol. The number of fused-ring (bicyclic) bond motifs is 3. The lowest BCUT2D eigenvalue weighted by molar-refractivity contribution is 0.0746. The molecule has 1 aliphatic carbocycles. The summed E-state index contributed by atoms with van der Waals surface area (Å²) in [6, 6.07) is 9.90. The van der Waals surface area contributed by atoms with E-state index >= 15 is 0 Å². The zero-order valence-corrected chi connectivity index (χ0v) is 16.5. The first-order valence-corrected chi connectivity index (χ1v) is 10.4. The van der Waals surface area contributed by atoms with Crippen molar-refractivity contribution < 1.29 is 4.79 Å². The third-order valence-electron chi connectivity index (χ3n) is 5.95. The lowest BCUT2D eigenvalue weighted by atomic mass is 9.95. The van der Waals surface area contributed by atoms with Crippen LogP contribution >= 0.6 is 11.6 Å². The number of amides is 1. The number of halogens is 1. The number of nitrogens with one attached hydrogen (secondary N) is 1. The first kappa shape index (κ1) is 17.6. The van der Waals surface area contributed by atoms with E-state index in [2.05, 4.69) is 27.0 Å². The molecule has 0 spiro atoms. The number of aromatic nitrogens is 2. The number of hydrogen-bond acceptors (Lipinski definition) is 3. The van der Waals surface area contributed by atoms with Gasteiger partial charge in [-0.25, -0.2) is 4.98 Å². The minimum absolute atomic E-state index is 0.122. The smallest absolute Gasteiger partial charge is 0.253 e. The van der Waals surface area contributed by atoms with E-state index in [1.54, 1.807) is 6.20 Å². The molecule has 0 unspecified atom stereocenters. The van der Waals surface area contributed by atoms with E-state index < -0.39 is 0 Å². The second-order valence-electron chi connectivity index (χ2n) is 7.66. The third kappa shape index (κ3) is 3.14. The lowest BCUT2D eigenvalue weighted by Crippen LogP contribution is -2.49. The molecular weight excluding hydrogens is 372 g/mol. The number of carbonyl (C=O) groups is 1. The molecule has 5 nitrogen and oxygen atoms in total. The maximum atomic E-state index is 13.1. The van der Waals surface area contributed by atoms with Crippen LogP contribution in [-0.4, -0.2) is 47.0 Å². The molecule has 6 heteroatoms. The normalized spacial score (nSPS) is 17.0. The van der Waals surface area contributed by atoms with Crippen LogP contribution in [0.1, 0.15) is 34.5 Å². The quantitative estimate of drug-likeness (QED) is 0.713. The van der Waals surface area contributed by atoms with Gasteiger partial charge in [-0.05, 0) is 61.6 Å². The Morgan fingerprint density at radius 3 is 2.64 bits per heavy atom. The van der Waals surface area contributed by atoms with Gasteiger partial charge in [-0.1, -0.05) is 11.6 Å². The minimum atomic E-state index is 0.122. The minimum Gasteiger partial charge on any atom is -0.358 e. The fourth-order valence-corrected chi connectivity index (χ4v) is 4.53. The lowest BCUT2D eigenvalue weighted by Gasteiger charge is -2.35. The summed E-state index contributed by atoms with van der Waals surface area (Å²) in [5.41, 5.74) is 4.71. The molecule has 1 N–H and O–H groups in total. The first-order chi connectivity index (χ1) is 13.7. The molecule has 2 aromatic heterocycles. The Labute approximate surface area is 169 Å². The summed E-state index contributed by atoms with van der Waals surface area (Å²) in [5.74, 6) is 1.04. The van der Waals surface area contributed by atoms with Crippen LogP contribution in [0.15, 0.2) is 36.5 Å². The molecule has 3 heterocycles. The molecule has 0 atom stereocenters. The number of benzene rings is 1. The maximum absolute atomic E-state index is 13.1. The van der Waals surface area contributed by atoms with Crippen LogP contribution < -0.4 is 4.90 Å². The van der Waals surface area contributed by atoms with Crippen molar-refractivity contribution in [1.29, 1.82) is 0 Å². The number of pyridine rings is 1. The molecule has 3 aromatic rings. The zero-order valence-electron chi connectivity index (χ0n) is 15.7. The Balaban J connectivity index is 1.32. The van der Waals surface area contributed by atoms with Gasteiger partial charge in [0.2, 0.25) is 0 Å². The third-order valence-corrected chi connectivity index (χ3v) is 6.17. The van der Waals surface area contributed by atoms with E-state index in [4.69, 9.17) is 11.6 Å². The van der Waals surface area contributed by atoms with Crippen molar-refractivity contribution in [2.75, 3.05) is 31.1 Å². The van der Waals surface area contributed by atoms with Crippen LogP contribution in [0.25, 0.3) is 10.9 Å². The van der Waals surface area contributed by atoms with E-state index in [0.717, 1.165) is 42.8 Å². The average molecular weight is 395 g/mol. The van der Waals surface area contributed by atoms with Crippen LogP contribution in [0, 0.1) is 0 Å². The van der Waals surface area contributed by atoms with Crippen molar-refractivity contribution in [2.24, 2.45) is 0 Å². The Morgan fingerprint density at radius 1 is 1.04 bits per heavy atom. The van der Waals surface area contributed by atoms with E-state index in [-0.39, 0.29) is 5.91 Å². The van der Waals surface area contributed by atoms with Gasteiger partial charge < -0.3 is 14.8 Å². The Morgan fingerprint density at radius 2 is 1.86 bits per heavy atom. The molecule has 0 radical (unpaired) electrons. The number of hydrogen-bond donors (Lipinski definition) is 1. The van der Waals surface area contributed by atoms with Crippen molar-refractivity contribution in [2.45, 2.75) is 25.7 Å². The van der Waals surface area contributed by atoms with Crippen molar-refractivity contribution >= 4 is 34.2 Å². The van der Waals surface area contributed by atoms with Crippen molar-refractivity contribution in [1.82, 2.24) is 14.9 Å². The van der Waals surface area contributed by atoms with Crippen LogP contribution in [0.3, 0.4) is 0 Å². The molecule has 2 aliphatic rings. The number of aryl methyl sites for hydroxylation is 2. The number of nitrogens with zero attached hydrogens (tertiary/aromatic N) is 3. The Bertz CT molecular complexity index is 1020. The van der Waals surface area contributed by atoms with Crippen molar-refractivity contribution in [3.8, 4) is 0 Å². The van der Waals surface area contributed by atoms with Gasteiger partial charge in [-0.15, -0.1) is 0 Å². The van der Waals surface area contributed by atoms with Gasteiger partial charge in [0.1, 0.15) is 5.82 Å². The topological polar surface area (TPSA) is 52.2 Å².